The number of morpholine rings is 1. The fraction of sp³-hybridized carbons (Fsp3) is 0.278. The fourth-order valence-electron chi connectivity index (χ4n) is 2.84. The maximum atomic E-state index is 12.9. The number of nitrogens with zero attached hydrogens (tertiary/aromatic N) is 4. The highest BCUT2D eigenvalue weighted by atomic mass is 32.2. The molecule has 0 bridgehead atoms. The minimum atomic E-state index is -3.61. The molecule has 0 unspecified atom stereocenters. The Hall–Kier alpha value is -2.62. The van der Waals surface area contributed by atoms with Gasteiger partial charge in [0.25, 0.3) is 5.89 Å². The summed E-state index contributed by atoms with van der Waals surface area (Å²) in [5, 5.41) is 3.95. The van der Waals surface area contributed by atoms with E-state index in [2.05, 4.69) is 15.1 Å². The van der Waals surface area contributed by atoms with Crippen LogP contribution in [0.25, 0.3) is 11.4 Å². The van der Waals surface area contributed by atoms with Crippen molar-refractivity contribution >= 4 is 10.0 Å². The van der Waals surface area contributed by atoms with E-state index in [0.717, 1.165) is 11.1 Å². The molecule has 3 aromatic rings. The third-order valence-electron chi connectivity index (χ3n) is 4.34. The van der Waals surface area contributed by atoms with Crippen molar-refractivity contribution in [3.8, 4) is 11.4 Å². The van der Waals surface area contributed by atoms with Crippen molar-refractivity contribution in [3.63, 3.8) is 0 Å². The first kappa shape index (κ1) is 17.8. The Morgan fingerprint density at radius 1 is 1.11 bits per heavy atom. The number of hydrogen-bond donors (Lipinski definition) is 0. The van der Waals surface area contributed by atoms with Gasteiger partial charge in [-0.3, -0.25) is 4.98 Å². The summed E-state index contributed by atoms with van der Waals surface area (Å²) in [6.07, 6.45) is 2.67. The normalized spacial score (nSPS) is 18.5. The van der Waals surface area contributed by atoms with Crippen LogP contribution in [0.2, 0.25) is 0 Å². The lowest BCUT2D eigenvalue weighted by molar-refractivity contribution is -0.0199. The summed E-state index contributed by atoms with van der Waals surface area (Å²) < 4.78 is 38.2. The van der Waals surface area contributed by atoms with Crippen LogP contribution in [0.15, 0.2) is 58.2 Å². The monoisotopic (exact) mass is 386 g/mol. The van der Waals surface area contributed by atoms with Crippen molar-refractivity contribution in [2.24, 2.45) is 0 Å². The van der Waals surface area contributed by atoms with E-state index in [4.69, 9.17) is 9.26 Å². The van der Waals surface area contributed by atoms with Crippen LogP contribution in [0.5, 0.6) is 0 Å². The predicted octanol–water partition coefficient (Wildman–Crippen LogP) is 2.20. The molecular formula is C18H18N4O4S. The number of benzene rings is 1. The number of pyridine rings is 1. The summed E-state index contributed by atoms with van der Waals surface area (Å²) in [5.74, 6) is 0.667. The number of aryl methyl sites for hydroxylation is 1. The molecule has 0 N–H and O–H groups in total. The van der Waals surface area contributed by atoms with Crippen LogP contribution in [-0.4, -0.2) is 47.5 Å². The topological polar surface area (TPSA) is 98.4 Å². The van der Waals surface area contributed by atoms with Crippen LogP contribution < -0.4 is 0 Å². The second-order valence-electron chi connectivity index (χ2n) is 6.23. The van der Waals surface area contributed by atoms with Crippen molar-refractivity contribution in [2.75, 3.05) is 19.7 Å². The first-order chi connectivity index (χ1) is 13.0. The lowest BCUT2D eigenvalue weighted by Gasteiger charge is -2.30. The van der Waals surface area contributed by atoms with E-state index in [1.807, 2.05) is 6.92 Å². The molecule has 27 heavy (non-hydrogen) atoms. The van der Waals surface area contributed by atoms with Crippen molar-refractivity contribution in [1.82, 2.24) is 19.4 Å². The Kier molecular flexibility index (Phi) is 4.73. The summed E-state index contributed by atoms with van der Waals surface area (Å²) in [7, 11) is -3.61. The van der Waals surface area contributed by atoms with E-state index in [9.17, 15) is 8.42 Å². The Labute approximate surface area is 156 Å². The van der Waals surface area contributed by atoms with Gasteiger partial charge in [0, 0.05) is 31.0 Å². The van der Waals surface area contributed by atoms with Gasteiger partial charge < -0.3 is 9.26 Å². The molecule has 1 aliphatic rings. The van der Waals surface area contributed by atoms with Gasteiger partial charge >= 0.3 is 0 Å². The molecular weight excluding hydrogens is 368 g/mol. The number of ether oxygens (including phenoxy) is 1. The number of sulfonamides is 1. The van der Waals surface area contributed by atoms with E-state index < -0.39 is 16.1 Å². The van der Waals surface area contributed by atoms with Crippen molar-refractivity contribution < 1.29 is 17.7 Å². The van der Waals surface area contributed by atoms with Gasteiger partial charge in [0.05, 0.1) is 11.5 Å². The summed E-state index contributed by atoms with van der Waals surface area (Å²) >= 11 is 0. The molecule has 4 rings (SSSR count). The van der Waals surface area contributed by atoms with Crippen LogP contribution in [0, 0.1) is 6.92 Å². The molecule has 0 saturated carbocycles. The molecule has 1 aliphatic heterocycles. The van der Waals surface area contributed by atoms with Crippen LogP contribution in [0.1, 0.15) is 17.6 Å². The zero-order chi connectivity index (χ0) is 18.9. The smallest absolute Gasteiger partial charge is 0.257 e. The first-order valence-electron chi connectivity index (χ1n) is 8.46. The summed E-state index contributed by atoms with van der Waals surface area (Å²) in [5.41, 5.74) is 1.77. The molecule has 1 atom stereocenters. The minimum Gasteiger partial charge on any atom is -0.366 e. The third-order valence-corrected chi connectivity index (χ3v) is 6.22. The van der Waals surface area contributed by atoms with Gasteiger partial charge in [0.1, 0.15) is 0 Å². The molecule has 8 nitrogen and oxygen atoms in total. The van der Waals surface area contributed by atoms with Crippen LogP contribution >= 0.6 is 0 Å². The quantitative estimate of drug-likeness (QED) is 0.678. The lowest BCUT2D eigenvalue weighted by atomic mass is 10.2. The molecule has 1 saturated heterocycles. The SMILES string of the molecule is Cc1ccc(S(=O)(=O)N2CCO[C@H](c3nc(-c4ccncc4)no3)C2)cc1. The number of rotatable bonds is 4. The predicted molar refractivity (Wildman–Crippen MR) is 96.2 cm³/mol. The van der Waals surface area contributed by atoms with Crippen molar-refractivity contribution in [1.29, 1.82) is 0 Å². The number of aromatic nitrogens is 3. The van der Waals surface area contributed by atoms with Crippen LogP contribution in [0.4, 0.5) is 0 Å². The average Bonchev–Trinajstić information content (AvgIpc) is 3.19. The highest BCUT2D eigenvalue weighted by molar-refractivity contribution is 7.89. The minimum absolute atomic E-state index is 0.119. The Bertz CT molecular complexity index is 1020. The third kappa shape index (κ3) is 3.61. The maximum Gasteiger partial charge on any atom is 0.257 e. The summed E-state index contributed by atoms with van der Waals surface area (Å²) in [4.78, 5) is 8.57. The van der Waals surface area contributed by atoms with Gasteiger partial charge in [0.15, 0.2) is 6.10 Å². The highest BCUT2D eigenvalue weighted by Crippen LogP contribution is 2.27. The van der Waals surface area contributed by atoms with Crippen LogP contribution in [0.3, 0.4) is 0 Å². The second kappa shape index (κ2) is 7.18. The van der Waals surface area contributed by atoms with Gasteiger partial charge in [-0.1, -0.05) is 22.9 Å². The van der Waals surface area contributed by atoms with Crippen LogP contribution in [-0.2, 0) is 14.8 Å². The summed E-state index contributed by atoms with van der Waals surface area (Å²) in [6, 6.07) is 10.3. The Morgan fingerprint density at radius 3 is 2.59 bits per heavy atom. The van der Waals surface area contributed by atoms with E-state index in [1.165, 1.54) is 4.31 Å². The molecule has 140 valence electrons. The van der Waals surface area contributed by atoms with Gasteiger partial charge in [-0.05, 0) is 31.2 Å². The van der Waals surface area contributed by atoms with E-state index in [-0.39, 0.29) is 30.5 Å². The molecule has 1 aromatic carbocycles. The second-order valence-corrected chi connectivity index (χ2v) is 8.17. The molecule has 0 amide bonds. The van der Waals surface area contributed by atoms with Crippen molar-refractivity contribution in [2.45, 2.75) is 17.9 Å². The largest absolute Gasteiger partial charge is 0.366 e. The standard InChI is InChI=1S/C18H18N4O4S/c1-13-2-4-15(5-3-13)27(23,24)22-10-11-25-16(12-22)18-20-17(21-26-18)14-6-8-19-9-7-14/h2-9,16H,10-12H2,1H3/t16-/m0/s1. The zero-order valence-electron chi connectivity index (χ0n) is 14.6. The average molecular weight is 386 g/mol. The first-order valence-corrected chi connectivity index (χ1v) is 9.90. The molecule has 0 radical (unpaired) electrons. The Balaban J connectivity index is 1.55. The molecule has 0 aliphatic carbocycles. The lowest BCUT2D eigenvalue weighted by Crippen LogP contribution is -2.42. The number of hydrogen-bond acceptors (Lipinski definition) is 7. The van der Waals surface area contributed by atoms with Gasteiger partial charge in [0.2, 0.25) is 15.8 Å². The summed E-state index contributed by atoms with van der Waals surface area (Å²) in [6.45, 7) is 2.56. The van der Waals surface area contributed by atoms with E-state index in [1.54, 1.807) is 48.8 Å². The molecule has 2 aromatic heterocycles. The van der Waals surface area contributed by atoms with E-state index in [0.29, 0.717) is 5.82 Å². The van der Waals surface area contributed by atoms with Crippen molar-refractivity contribution in [3.05, 3.63) is 60.2 Å². The zero-order valence-corrected chi connectivity index (χ0v) is 15.5. The molecule has 9 heteroatoms. The molecule has 0 spiro atoms. The highest BCUT2D eigenvalue weighted by Gasteiger charge is 2.34. The van der Waals surface area contributed by atoms with Gasteiger partial charge in [-0.2, -0.15) is 9.29 Å². The van der Waals surface area contributed by atoms with E-state index >= 15 is 0 Å². The molecule has 1 fully saturated rings. The fourth-order valence-corrected chi connectivity index (χ4v) is 4.26. The maximum absolute atomic E-state index is 12.9. The molecule has 3 heterocycles. The van der Waals surface area contributed by atoms with Gasteiger partial charge in [-0.15, -0.1) is 0 Å². The Morgan fingerprint density at radius 2 is 1.85 bits per heavy atom. The van der Waals surface area contributed by atoms with Gasteiger partial charge in [-0.25, -0.2) is 8.42 Å².